The van der Waals surface area contributed by atoms with Gasteiger partial charge in [-0.3, -0.25) is 15.6 Å². The first-order valence-electron chi connectivity index (χ1n) is 3.32. The lowest BCUT2D eigenvalue weighted by Crippen LogP contribution is -2.19. The van der Waals surface area contributed by atoms with E-state index in [1.54, 1.807) is 25.4 Å². The molecule has 1 aromatic heterocycles. The van der Waals surface area contributed by atoms with Crippen LogP contribution in [0.3, 0.4) is 0 Å². The van der Waals surface area contributed by atoms with Crippen LogP contribution in [-0.2, 0) is 4.79 Å². The Labute approximate surface area is 69.7 Å². The average Bonchev–Trinajstić information content (AvgIpc) is 2.15. The van der Waals surface area contributed by atoms with Crippen molar-refractivity contribution in [1.82, 2.24) is 10.4 Å². The van der Waals surface area contributed by atoms with Gasteiger partial charge in [-0.25, -0.2) is 4.98 Å². The number of nitrogens with zero attached hydrogens (tertiary/aromatic N) is 1. The molecule has 64 valence electrons. The van der Waals surface area contributed by atoms with Crippen LogP contribution in [0.2, 0.25) is 0 Å². The standard InChI is InChI=1S/C7H9N3O2/c1-12-6-2-3-8-7(4-6)10-9-5-11/h2-5H,1H3,(H,8,10)(H,9,11). The molecule has 2 N–H and O–H groups in total. The zero-order valence-corrected chi connectivity index (χ0v) is 6.57. The van der Waals surface area contributed by atoms with Gasteiger partial charge in [0.25, 0.3) is 0 Å². The van der Waals surface area contributed by atoms with Gasteiger partial charge >= 0.3 is 0 Å². The first-order valence-corrected chi connectivity index (χ1v) is 3.32. The second kappa shape index (κ2) is 4.17. The minimum absolute atomic E-state index is 0.529. The maximum atomic E-state index is 9.90. The summed E-state index contributed by atoms with van der Waals surface area (Å²) in [6.07, 6.45) is 2.11. The Morgan fingerprint density at radius 1 is 1.67 bits per heavy atom. The largest absolute Gasteiger partial charge is 0.497 e. The molecule has 0 saturated heterocycles. The van der Waals surface area contributed by atoms with Crippen LogP contribution >= 0.6 is 0 Å². The van der Waals surface area contributed by atoms with E-state index in [-0.39, 0.29) is 0 Å². The predicted molar refractivity (Wildman–Crippen MR) is 43.6 cm³/mol. The Hall–Kier alpha value is -1.78. The molecule has 12 heavy (non-hydrogen) atoms. The van der Waals surface area contributed by atoms with Gasteiger partial charge in [-0.1, -0.05) is 0 Å². The molecule has 0 aliphatic rings. The number of carbonyl (C=O) groups is 1. The molecule has 5 heteroatoms. The van der Waals surface area contributed by atoms with Crippen LogP contribution in [0.5, 0.6) is 5.75 Å². The topological polar surface area (TPSA) is 63.2 Å². The van der Waals surface area contributed by atoms with Gasteiger partial charge < -0.3 is 4.74 Å². The zero-order valence-electron chi connectivity index (χ0n) is 6.57. The summed E-state index contributed by atoms with van der Waals surface area (Å²) in [5.74, 6) is 1.21. The summed E-state index contributed by atoms with van der Waals surface area (Å²) in [4.78, 5) is 13.8. The smallest absolute Gasteiger partial charge is 0.225 e. The summed E-state index contributed by atoms with van der Waals surface area (Å²) in [5.41, 5.74) is 4.83. The molecule has 0 unspecified atom stereocenters. The highest BCUT2D eigenvalue weighted by Gasteiger charge is 1.93. The van der Waals surface area contributed by atoms with E-state index in [0.29, 0.717) is 18.0 Å². The van der Waals surface area contributed by atoms with E-state index in [1.807, 2.05) is 0 Å². The third kappa shape index (κ3) is 2.12. The maximum Gasteiger partial charge on any atom is 0.225 e. The lowest BCUT2D eigenvalue weighted by atomic mass is 10.4. The van der Waals surface area contributed by atoms with Crippen LogP contribution in [0.1, 0.15) is 0 Å². The second-order valence-electron chi connectivity index (χ2n) is 1.97. The van der Waals surface area contributed by atoms with Crippen LogP contribution in [0.25, 0.3) is 0 Å². The Balaban J connectivity index is 2.65. The van der Waals surface area contributed by atoms with Crippen LogP contribution in [0, 0.1) is 0 Å². The number of hydrogen-bond donors (Lipinski definition) is 2. The number of methoxy groups -OCH3 is 1. The lowest BCUT2D eigenvalue weighted by molar-refractivity contribution is -0.109. The molecule has 0 spiro atoms. The molecule has 0 aromatic carbocycles. The summed E-state index contributed by atoms with van der Waals surface area (Å²) in [5, 5.41) is 0. The van der Waals surface area contributed by atoms with Gasteiger partial charge in [0.15, 0.2) is 0 Å². The maximum absolute atomic E-state index is 9.90. The van der Waals surface area contributed by atoms with Crippen molar-refractivity contribution in [3.63, 3.8) is 0 Å². The molecule has 0 radical (unpaired) electrons. The van der Waals surface area contributed by atoms with Crippen LogP contribution in [0.15, 0.2) is 18.3 Å². The molecule has 0 bridgehead atoms. The van der Waals surface area contributed by atoms with E-state index in [1.165, 1.54) is 0 Å². The van der Waals surface area contributed by atoms with Gasteiger partial charge in [0, 0.05) is 12.3 Å². The van der Waals surface area contributed by atoms with Crippen molar-refractivity contribution in [1.29, 1.82) is 0 Å². The Morgan fingerprint density at radius 2 is 2.50 bits per heavy atom. The van der Waals surface area contributed by atoms with Crippen molar-refractivity contribution < 1.29 is 9.53 Å². The van der Waals surface area contributed by atoms with Gasteiger partial charge in [-0.05, 0) is 6.07 Å². The summed E-state index contributed by atoms with van der Waals surface area (Å²) >= 11 is 0. The summed E-state index contributed by atoms with van der Waals surface area (Å²) < 4.78 is 4.94. The number of hydrazine groups is 1. The number of amides is 1. The number of aromatic nitrogens is 1. The molecule has 1 heterocycles. The van der Waals surface area contributed by atoms with Gasteiger partial charge in [-0.2, -0.15) is 0 Å². The van der Waals surface area contributed by atoms with Crippen molar-refractivity contribution in [2.24, 2.45) is 0 Å². The van der Waals surface area contributed by atoms with Gasteiger partial charge in [0.2, 0.25) is 6.41 Å². The average molecular weight is 167 g/mol. The summed E-state index contributed by atoms with van der Waals surface area (Å²) in [6, 6.07) is 3.38. The van der Waals surface area contributed by atoms with Crippen molar-refractivity contribution in [2.45, 2.75) is 0 Å². The van der Waals surface area contributed by atoms with Crippen molar-refractivity contribution in [2.75, 3.05) is 12.5 Å². The molecule has 0 saturated carbocycles. The molecular formula is C7H9N3O2. The summed E-state index contributed by atoms with van der Waals surface area (Å²) in [6.45, 7) is 0. The minimum Gasteiger partial charge on any atom is -0.497 e. The van der Waals surface area contributed by atoms with E-state index in [4.69, 9.17) is 4.74 Å². The molecular weight excluding hydrogens is 158 g/mol. The molecule has 1 rings (SSSR count). The molecule has 5 nitrogen and oxygen atoms in total. The molecule has 1 aromatic rings. The predicted octanol–water partition coefficient (Wildman–Crippen LogP) is 0.163. The third-order valence-corrected chi connectivity index (χ3v) is 1.23. The van der Waals surface area contributed by atoms with E-state index in [2.05, 4.69) is 15.8 Å². The van der Waals surface area contributed by atoms with Gasteiger partial charge in [0.05, 0.1) is 7.11 Å². The molecule has 0 atom stereocenters. The number of nitrogens with one attached hydrogen (secondary N) is 2. The highest BCUT2D eigenvalue weighted by molar-refractivity contribution is 5.51. The van der Waals surface area contributed by atoms with E-state index in [9.17, 15) is 4.79 Å². The summed E-state index contributed by atoms with van der Waals surface area (Å²) in [7, 11) is 1.56. The number of anilines is 1. The quantitative estimate of drug-likeness (QED) is 0.495. The highest BCUT2D eigenvalue weighted by atomic mass is 16.5. The minimum atomic E-state index is 0.529. The molecule has 0 aliphatic carbocycles. The third-order valence-electron chi connectivity index (χ3n) is 1.23. The highest BCUT2D eigenvalue weighted by Crippen LogP contribution is 2.12. The fourth-order valence-electron chi connectivity index (χ4n) is 0.710. The van der Waals surface area contributed by atoms with E-state index >= 15 is 0 Å². The lowest BCUT2D eigenvalue weighted by Gasteiger charge is -2.03. The number of rotatable bonds is 4. The normalized spacial score (nSPS) is 8.75. The van der Waals surface area contributed by atoms with Gasteiger partial charge in [0.1, 0.15) is 11.6 Å². The van der Waals surface area contributed by atoms with Crippen LogP contribution in [0.4, 0.5) is 5.82 Å². The van der Waals surface area contributed by atoms with Crippen molar-refractivity contribution >= 4 is 12.2 Å². The van der Waals surface area contributed by atoms with Gasteiger partial charge in [-0.15, -0.1) is 0 Å². The zero-order chi connectivity index (χ0) is 8.81. The SMILES string of the molecule is COc1ccnc(NNC=O)c1. The van der Waals surface area contributed by atoms with E-state index in [0.717, 1.165) is 0 Å². The molecule has 1 amide bonds. The van der Waals surface area contributed by atoms with Crippen molar-refractivity contribution in [3.05, 3.63) is 18.3 Å². The second-order valence-corrected chi connectivity index (χ2v) is 1.97. The fourth-order valence-corrected chi connectivity index (χ4v) is 0.710. The first-order chi connectivity index (χ1) is 5.86. The van der Waals surface area contributed by atoms with E-state index < -0.39 is 0 Å². The number of hydrogen-bond acceptors (Lipinski definition) is 4. The van der Waals surface area contributed by atoms with Crippen LogP contribution in [-0.4, -0.2) is 18.5 Å². The number of ether oxygens (including phenoxy) is 1. The Kier molecular flexibility index (Phi) is 2.89. The monoisotopic (exact) mass is 167 g/mol. The Bertz CT molecular complexity index is 265. The Morgan fingerprint density at radius 3 is 3.17 bits per heavy atom. The molecule has 0 aliphatic heterocycles. The van der Waals surface area contributed by atoms with Crippen molar-refractivity contribution in [3.8, 4) is 5.75 Å². The first kappa shape index (κ1) is 8.32. The van der Waals surface area contributed by atoms with Crippen LogP contribution < -0.4 is 15.6 Å². The number of pyridine rings is 1. The number of carbonyl (C=O) groups excluding carboxylic acids is 1. The molecule has 0 fully saturated rings. The fraction of sp³-hybridized carbons (Fsp3) is 0.143.